The summed E-state index contributed by atoms with van der Waals surface area (Å²) in [6.07, 6.45) is 4.94. The maximum atomic E-state index is 11.3. The van der Waals surface area contributed by atoms with E-state index in [2.05, 4.69) is 20.7 Å². The van der Waals surface area contributed by atoms with Crippen molar-refractivity contribution in [3.63, 3.8) is 0 Å². The summed E-state index contributed by atoms with van der Waals surface area (Å²) >= 11 is 0. The first-order chi connectivity index (χ1) is 8.04. The number of terminal acetylenes is 1. The molecule has 0 aromatic carbocycles. The summed E-state index contributed by atoms with van der Waals surface area (Å²) in [6, 6.07) is -0.889. The minimum absolute atomic E-state index is 0.00655. The Morgan fingerprint density at radius 1 is 1.29 bits per heavy atom. The topological polar surface area (TPSA) is 81.7 Å². The van der Waals surface area contributed by atoms with Gasteiger partial charge in [-0.2, -0.15) is 0 Å². The molecular formula is C11H15NO5. The highest BCUT2D eigenvalue weighted by molar-refractivity contribution is 5.85. The zero-order chi connectivity index (χ0) is 13.3. The van der Waals surface area contributed by atoms with E-state index in [4.69, 9.17) is 6.42 Å². The van der Waals surface area contributed by atoms with Crippen LogP contribution in [0.5, 0.6) is 0 Å². The maximum Gasteiger partial charge on any atom is 0.328 e. The lowest BCUT2D eigenvalue weighted by molar-refractivity contribution is -0.146. The Balaban J connectivity index is 4.34. The standard InChI is InChI=1S/C11H15NO5/c1-4-5-9(13)12-8(11(15)17-3)6-7-10(14)16-2/h1,8H,5-7H2,2-3H3,(H,12,13)/t8-/m0/s1. The van der Waals surface area contributed by atoms with E-state index < -0.39 is 23.9 Å². The highest BCUT2D eigenvalue weighted by Crippen LogP contribution is 2.01. The molecule has 0 saturated heterocycles. The molecule has 0 aliphatic rings. The lowest BCUT2D eigenvalue weighted by Gasteiger charge is -2.15. The third-order valence-corrected chi connectivity index (χ3v) is 1.95. The number of carbonyl (C=O) groups is 3. The first-order valence-electron chi connectivity index (χ1n) is 4.92. The molecule has 94 valence electrons. The molecule has 1 N–H and O–H groups in total. The van der Waals surface area contributed by atoms with Crippen LogP contribution in [0.1, 0.15) is 19.3 Å². The van der Waals surface area contributed by atoms with Crippen LogP contribution in [-0.2, 0) is 23.9 Å². The lowest BCUT2D eigenvalue weighted by Crippen LogP contribution is -2.41. The molecule has 0 radical (unpaired) electrons. The van der Waals surface area contributed by atoms with Crippen LogP contribution in [0.3, 0.4) is 0 Å². The van der Waals surface area contributed by atoms with Gasteiger partial charge in [0.05, 0.1) is 20.6 Å². The number of nitrogens with one attached hydrogen (secondary N) is 1. The van der Waals surface area contributed by atoms with Crippen LogP contribution in [0.4, 0.5) is 0 Å². The lowest BCUT2D eigenvalue weighted by atomic mass is 10.1. The molecule has 0 saturated carbocycles. The van der Waals surface area contributed by atoms with Crippen LogP contribution in [0, 0.1) is 12.3 Å². The monoisotopic (exact) mass is 241 g/mol. The fraction of sp³-hybridized carbons (Fsp3) is 0.545. The molecule has 0 heterocycles. The number of amides is 1. The van der Waals surface area contributed by atoms with E-state index in [0.29, 0.717) is 0 Å². The molecule has 0 bridgehead atoms. The summed E-state index contributed by atoms with van der Waals surface area (Å²) in [5, 5.41) is 2.38. The highest BCUT2D eigenvalue weighted by Gasteiger charge is 2.22. The van der Waals surface area contributed by atoms with Crippen molar-refractivity contribution in [2.45, 2.75) is 25.3 Å². The fourth-order valence-electron chi connectivity index (χ4n) is 1.09. The third-order valence-electron chi connectivity index (χ3n) is 1.95. The third kappa shape index (κ3) is 6.20. The molecule has 0 aromatic heterocycles. The molecule has 0 aromatic rings. The van der Waals surface area contributed by atoms with Crippen LogP contribution < -0.4 is 5.32 Å². The van der Waals surface area contributed by atoms with Gasteiger partial charge in [0.2, 0.25) is 5.91 Å². The van der Waals surface area contributed by atoms with E-state index >= 15 is 0 Å². The predicted molar refractivity (Wildman–Crippen MR) is 58.6 cm³/mol. The number of ether oxygens (including phenoxy) is 2. The van der Waals surface area contributed by atoms with Gasteiger partial charge in [-0.05, 0) is 6.42 Å². The van der Waals surface area contributed by atoms with Gasteiger partial charge in [0, 0.05) is 6.42 Å². The first kappa shape index (κ1) is 15.0. The molecule has 0 rings (SSSR count). The smallest absolute Gasteiger partial charge is 0.328 e. The second kappa shape index (κ2) is 8.16. The van der Waals surface area contributed by atoms with Crippen molar-refractivity contribution in [1.29, 1.82) is 0 Å². The number of methoxy groups -OCH3 is 2. The average molecular weight is 241 g/mol. The zero-order valence-corrected chi connectivity index (χ0v) is 9.82. The van der Waals surface area contributed by atoms with Gasteiger partial charge >= 0.3 is 11.9 Å². The van der Waals surface area contributed by atoms with E-state index in [1.807, 2.05) is 0 Å². The van der Waals surface area contributed by atoms with Gasteiger partial charge in [0.15, 0.2) is 0 Å². The minimum atomic E-state index is -0.889. The fourth-order valence-corrected chi connectivity index (χ4v) is 1.09. The molecule has 6 nitrogen and oxygen atoms in total. The summed E-state index contributed by atoms with van der Waals surface area (Å²) < 4.78 is 8.93. The molecule has 0 aliphatic carbocycles. The number of rotatable bonds is 6. The number of carbonyl (C=O) groups excluding carboxylic acids is 3. The molecule has 6 heteroatoms. The van der Waals surface area contributed by atoms with Gasteiger partial charge in [-0.3, -0.25) is 9.59 Å². The van der Waals surface area contributed by atoms with Crippen molar-refractivity contribution in [2.24, 2.45) is 0 Å². The minimum Gasteiger partial charge on any atom is -0.469 e. The Bertz CT molecular complexity index is 331. The molecule has 0 fully saturated rings. The zero-order valence-electron chi connectivity index (χ0n) is 9.82. The largest absolute Gasteiger partial charge is 0.469 e. The molecule has 17 heavy (non-hydrogen) atoms. The predicted octanol–water partition coefficient (Wildman–Crippen LogP) is -0.379. The van der Waals surface area contributed by atoms with Crippen molar-refractivity contribution >= 4 is 17.8 Å². The molecular weight excluding hydrogens is 226 g/mol. The number of esters is 2. The SMILES string of the molecule is C#CCC(=O)N[C@@H](CCC(=O)OC)C(=O)OC. The Kier molecular flexibility index (Phi) is 7.19. The van der Waals surface area contributed by atoms with Gasteiger partial charge in [-0.25, -0.2) is 4.79 Å². The average Bonchev–Trinajstić information content (AvgIpc) is 2.33. The van der Waals surface area contributed by atoms with Crippen molar-refractivity contribution in [1.82, 2.24) is 5.32 Å². The Hall–Kier alpha value is -2.03. The van der Waals surface area contributed by atoms with Crippen molar-refractivity contribution in [2.75, 3.05) is 14.2 Å². The first-order valence-corrected chi connectivity index (χ1v) is 4.92. The van der Waals surface area contributed by atoms with Crippen LogP contribution in [0.15, 0.2) is 0 Å². The maximum absolute atomic E-state index is 11.3. The van der Waals surface area contributed by atoms with E-state index in [9.17, 15) is 14.4 Å². The number of hydrogen-bond acceptors (Lipinski definition) is 5. The van der Waals surface area contributed by atoms with Gasteiger partial charge in [-0.1, -0.05) is 5.92 Å². The highest BCUT2D eigenvalue weighted by atomic mass is 16.5. The summed E-state index contributed by atoms with van der Waals surface area (Å²) in [7, 11) is 2.44. The molecule has 0 aliphatic heterocycles. The van der Waals surface area contributed by atoms with Crippen molar-refractivity contribution in [3.05, 3.63) is 0 Å². The van der Waals surface area contributed by atoms with Gasteiger partial charge < -0.3 is 14.8 Å². The Labute approximate surface area is 99.6 Å². The Morgan fingerprint density at radius 2 is 1.94 bits per heavy atom. The summed E-state index contributed by atoms with van der Waals surface area (Å²) in [4.78, 5) is 33.4. The second-order valence-electron chi connectivity index (χ2n) is 3.14. The van der Waals surface area contributed by atoms with E-state index in [-0.39, 0.29) is 19.3 Å². The molecule has 1 amide bonds. The van der Waals surface area contributed by atoms with Gasteiger partial charge in [0.1, 0.15) is 6.04 Å². The molecule has 1 atom stereocenters. The number of hydrogen-bond donors (Lipinski definition) is 1. The quantitative estimate of drug-likeness (QED) is 0.506. The van der Waals surface area contributed by atoms with Gasteiger partial charge in [-0.15, -0.1) is 6.42 Å². The Morgan fingerprint density at radius 3 is 2.41 bits per heavy atom. The van der Waals surface area contributed by atoms with Crippen LogP contribution >= 0.6 is 0 Å². The second-order valence-corrected chi connectivity index (χ2v) is 3.14. The van der Waals surface area contributed by atoms with Crippen molar-refractivity contribution in [3.8, 4) is 12.3 Å². The normalized spacial score (nSPS) is 10.9. The van der Waals surface area contributed by atoms with Crippen LogP contribution in [0.2, 0.25) is 0 Å². The summed E-state index contributed by atoms with van der Waals surface area (Å²) in [5.41, 5.74) is 0. The van der Waals surface area contributed by atoms with Gasteiger partial charge in [0.25, 0.3) is 0 Å². The van der Waals surface area contributed by atoms with E-state index in [1.165, 1.54) is 14.2 Å². The van der Waals surface area contributed by atoms with Crippen LogP contribution in [-0.4, -0.2) is 38.1 Å². The summed E-state index contributed by atoms with van der Waals surface area (Å²) in [6.45, 7) is 0. The van der Waals surface area contributed by atoms with E-state index in [1.54, 1.807) is 0 Å². The summed E-state index contributed by atoms with van der Waals surface area (Å²) in [5.74, 6) is 0.592. The van der Waals surface area contributed by atoms with E-state index in [0.717, 1.165) is 0 Å². The van der Waals surface area contributed by atoms with Crippen molar-refractivity contribution < 1.29 is 23.9 Å². The molecule has 0 spiro atoms. The molecule has 0 unspecified atom stereocenters. The van der Waals surface area contributed by atoms with Crippen LogP contribution in [0.25, 0.3) is 0 Å².